The summed E-state index contributed by atoms with van der Waals surface area (Å²) >= 11 is 0. The fourth-order valence-corrected chi connectivity index (χ4v) is 2.53. The first kappa shape index (κ1) is 16.2. The van der Waals surface area contributed by atoms with Gasteiger partial charge in [0.25, 0.3) is 0 Å². The van der Waals surface area contributed by atoms with Crippen molar-refractivity contribution < 1.29 is 4.79 Å². The van der Waals surface area contributed by atoms with Gasteiger partial charge in [0, 0.05) is 18.2 Å². The number of anilines is 1. The van der Waals surface area contributed by atoms with E-state index in [9.17, 15) is 10.1 Å². The maximum Gasteiger partial charge on any atom is 0.150 e. The van der Waals surface area contributed by atoms with E-state index in [-0.39, 0.29) is 0 Å². The highest BCUT2D eigenvalue weighted by atomic mass is 16.1. The molecule has 0 N–H and O–H groups in total. The molecule has 0 atom stereocenters. The molecule has 3 nitrogen and oxygen atoms in total. The third kappa shape index (κ3) is 3.84. The molecule has 0 amide bonds. The molecule has 0 aliphatic carbocycles. The van der Waals surface area contributed by atoms with Crippen molar-refractivity contribution in [2.75, 3.05) is 11.4 Å². The fraction of sp³-hybridized carbons (Fsp3) is 0.529. The summed E-state index contributed by atoms with van der Waals surface area (Å²) in [7, 11) is 0. The van der Waals surface area contributed by atoms with Crippen LogP contribution < -0.4 is 4.90 Å². The Bertz CT molecular complexity index is 484. The van der Waals surface area contributed by atoms with Crippen LogP contribution in [0.25, 0.3) is 0 Å². The van der Waals surface area contributed by atoms with Crippen molar-refractivity contribution >= 4 is 12.0 Å². The van der Waals surface area contributed by atoms with Crippen LogP contribution >= 0.6 is 0 Å². The Balaban J connectivity index is 3.25. The molecule has 0 radical (unpaired) electrons. The summed E-state index contributed by atoms with van der Waals surface area (Å²) in [6.07, 6.45) is 2.88. The predicted molar refractivity (Wildman–Crippen MR) is 83.1 cm³/mol. The van der Waals surface area contributed by atoms with Gasteiger partial charge in [-0.25, -0.2) is 0 Å². The number of carbonyl (C=O) groups is 1. The summed E-state index contributed by atoms with van der Waals surface area (Å²) < 4.78 is 0. The van der Waals surface area contributed by atoms with Crippen molar-refractivity contribution in [3.8, 4) is 6.07 Å². The van der Waals surface area contributed by atoms with Crippen molar-refractivity contribution in [2.45, 2.75) is 46.6 Å². The summed E-state index contributed by atoms with van der Waals surface area (Å²) in [5, 5.41) is 9.36. The minimum Gasteiger partial charge on any atom is -0.367 e. The van der Waals surface area contributed by atoms with E-state index in [1.54, 1.807) is 12.1 Å². The highest BCUT2D eigenvalue weighted by Gasteiger charge is 2.19. The summed E-state index contributed by atoms with van der Waals surface area (Å²) in [5.74, 6) is 0.521. The molecule has 3 heteroatoms. The van der Waals surface area contributed by atoms with E-state index in [2.05, 4.69) is 38.7 Å². The molecule has 0 heterocycles. The first-order valence-electron chi connectivity index (χ1n) is 7.33. The molecule has 0 aliphatic heterocycles. The number of benzene rings is 1. The van der Waals surface area contributed by atoms with Gasteiger partial charge in [0.1, 0.15) is 12.4 Å². The zero-order valence-electron chi connectivity index (χ0n) is 12.9. The van der Waals surface area contributed by atoms with Gasteiger partial charge in [0.2, 0.25) is 0 Å². The number of rotatable bonds is 7. The lowest BCUT2D eigenvalue weighted by Gasteiger charge is -2.34. The van der Waals surface area contributed by atoms with Crippen molar-refractivity contribution in [3.63, 3.8) is 0 Å². The Hall–Kier alpha value is -1.82. The zero-order valence-corrected chi connectivity index (χ0v) is 12.9. The lowest BCUT2D eigenvalue weighted by Crippen LogP contribution is -2.37. The van der Waals surface area contributed by atoms with Gasteiger partial charge in [0.05, 0.1) is 11.3 Å². The van der Waals surface area contributed by atoms with Crippen LogP contribution in [0.4, 0.5) is 5.69 Å². The van der Waals surface area contributed by atoms with Crippen molar-refractivity contribution in [3.05, 3.63) is 29.3 Å². The second kappa shape index (κ2) is 7.69. The standard InChI is InChI=1S/C17H24N2O/c1-5-16(6-2)19(11-13(3)4)17-8-7-14(12-20)9-15(17)10-18/h7-9,12-13,16H,5-6,11H2,1-4H3. The Kier molecular flexibility index (Phi) is 6.24. The average molecular weight is 272 g/mol. The van der Waals surface area contributed by atoms with E-state index in [1.807, 2.05) is 6.07 Å². The molecule has 108 valence electrons. The van der Waals surface area contributed by atoms with Crippen LogP contribution in [0.3, 0.4) is 0 Å². The van der Waals surface area contributed by atoms with Gasteiger partial charge in [-0.1, -0.05) is 27.7 Å². The van der Waals surface area contributed by atoms with Crippen LogP contribution in [-0.4, -0.2) is 18.9 Å². The summed E-state index contributed by atoms with van der Waals surface area (Å²) in [5.41, 5.74) is 2.09. The Labute approximate surface area is 122 Å². The van der Waals surface area contributed by atoms with Crippen molar-refractivity contribution in [1.82, 2.24) is 0 Å². The van der Waals surface area contributed by atoms with Gasteiger partial charge in [0.15, 0.2) is 0 Å². The normalized spacial score (nSPS) is 10.7. The summed E-state index contributed by atoms with van der Waals surface area (Å²) in [6, 6.07) is 8.02. The van der Waals surface area contributed by atoms with E-state index in [4.69, 9.17) is 0 Å². The lowest BCUT2D eigenvalue weighted by molar-refractivity contribution is 0.112. The second-order valence-electron chi connectivity index (χ2n) is 5.52. The van der Waals surface area contributed by atoms with Crippen LogP contribution in [0.1, 0.15) is 56.5 Å². The molecule has 1 rings (SSSR count). The third-order valence-corrected chi connectivity index (χ3v) is 3.53. The summed E-state index contributed by atoms with van der Waals surface area (Å²) in [6.45, 7) is 9.63. The number of hydrogen-bond acceptors (Lipinski definition) is 3. The highest BCUT2D eigenvalue weighted by molar-refractivity contribution is 5.78. The molecule has 0 aliphatic rings. The molecule has 0 aromatic heterocycles. The molecule has 0 unspecified atom stereocenters. The maximum atomic E-state index is 10.9. The zero-order chi connectivity index (χ0) is 15.1. The molecule has 20 heavy (non-hydrogen) atoms. The molecular formula is C17H24N2O. The van der Waals surface area contributed by atoms with Crippen LogP contribution in [0.5, 0.6) is 0 Å². The lowest BCUT2D eigenvalue weighted by atomic mass is 10.0. The van der Waals surface area contributed by atoms with E-state index in [1.165, 1.54) is 0 Å². The van der Waals surface area contributed by atoms with Gasteiger partial charge in [-0.3, -0.25) is 4.79 Å². The Morgan fingerprint density at radius 2 is 1.95 bits per heavy atom. The number of nitriles is 1. The maximum absolute atomic E-state index is 10.9. The van der Waals surface area contributed by atoms with Crippen LogP contribution in [-0.2, 0) is 0 Å². The smallest absolute Gasteiger partial charge is 0.150 e. The Morgan fingerprint density at radius 3 is 2.40 bits per heavy atom. The SMILES string of the molecule is CCC(CC)N(CC(C)C)c1ccc(C=O)cc1C#N. The molecule has 0 bridgehead atoms. The van der Waals surface area contributed by atoms with Gasteiger partial charge < -0.3 is 4.90 Å². The van der Waals surface area contributed by atoms with Crippen LogP contribution in [0, 0.1) is 17.2 Å². The van der Waals surface area contributed by atoms with E-state index in [0.29, 0.717) is 23.1 Å². The predicted octanol–water partition coefficient (Wildman–Crippen LogP) is 4.02. The van der Waals surface area contributed by atoms with Gasteiger partial charge in [-0.2, -0.15) is 5.26 Å². The van der Waals surface area contributed by atoms with Gasteiger partial charge >= 0.3 is 0 Å². The summed E-state index contributed by atoms with van der Waals surface area (Å²) in [4.78, 5) is 13.2. The molecule has 0 fully saturated rings. The number of carbonyl (C=O) groups excluding carboxylic acids is 1. The molecule has 0 saturated heterocycles. The molecule has 0 saturated carbocycles. The van der Waals surface area contributed by atoms with Crippen molar-refractivity contribution in [2.24, 2.45) is 5.92 Å². The largest absolute Gasteiger partial charge is 0.367 e. The van der Waals surface area contributed by atoms with E-state index < -0.39 is 0 Å². The minimum atomic E-state index is 0.423. The van der Waals surface area contributed by atoms with E-state index in [0.717, 1.165) is 31.4 Å². The molecule has 1 aromatic rings. The fourth-order valence-electron chi connectivity index (χ4n) is 2.53. The van der Waals surface area contributed by atoms with Crippen LogP contribution in [0.2, 0.25) is 0 Å². The average Bonchev–Trinajstić information content (AvgIpc) is 2.46. The van der Waals surface area contributed by atoms with Crippen molar-refractivity contribution in [1.29, 1.82) is 5.26 Å². The second-order valence-corrected chi connectivity index (χ2v) is 5.52. The third-order valence-electron chi connectivity index (χ3n) is 3.53. The number of hydrogen-bond donors (Lipinski definition) is 0. The van der Waals surface area contributed by atoms with Crippen LogP contribution in [0.15, 0.2) is 18.2 Å². The molecular weight excluding hydrogens is 248 g/mol. The first-order valence-corrected chi connectivity index (χ1v) is 7.33. The minimum absolute atomic E-state index is 0.423. The highest BCUT2D eigenvalue weighted by Crippen LogP contribution is 2.26. The van der Waals surface area contributed by atoms with Gasteiger partial charge in [-0.15, -0.1) is 0 Å². The number of nitrogens with zero attached hydrogens (tertiary/aromatic N) is 2. The first-order chi connectivity index (χ1) is 9.57. The molecule has 1 aromatic carbocycles. The molecule has 0 spiro atoms. The Morgan fingerprint density at radius 1 is 1.30 bits per heavy atom. The quantitative estimate of drug-likeness (QED) is 0.704. The topological polar surface area (TPSA) is 44.1 Å². The van der Waals surface area contributed by atoms with Gasteiger partial charge in [-0.05, 0) is 37.0 Å². The monoisotopic (exact) mass is 272 g/mol. The number of aldehydes is 1. The van der Waals surface area contributed by atoms with E-state index >= 15 is 0 Å².